The minimum absolute atomic E-state index is 0.179. The molecule has 3 aliphatic heterocycles. The van der Waals surface area contributed by atoms with Crippen molar-refractivity contribution in [3.63, 3.8) is 0 Å². The summed E-state index contributed by atoms with van der Waals surface area (Å²) in [5, 5.41) is 20.5. The number of rotatable bonds is 4. The van der Waals surface area contributed by atoms with Crippen molar-refractivity contribution in [1.29, 1.82) is 0 Å². The maximum atomic E-state index is 13.9. The molecule has 5 rings (SSSR count). The van der Waals surface area contributed by atoms with Gasteiger partial charge in [-0.25, -0.2) is 4.99 Å². The lowest BCUT2D eigenvalue weighted by atomic mass is 9.95. The molecule has 1 aromatic carbocycles. The van der Waals surface area contributed by atoms with Crippen LogP contribution in [0.4, 0.5) is 0 Å². The highest BCUT2D eigenvalue weighted by Gasteiger charge is 2.39. The van der Waals surface area contributed by atoms with Gasteiger partial charge in [0.15, 0.2) is 0 Å². The zero-order valence-corrected chi connectivity index (χ0v) is 22.9. The van der Waals surface area contributed by atoms with E-state index in [2.05, 4.69) is 49.7 Å². The first-order valence-corrected chi connectivity index (χ1v) is 14.0. The number of aliphatic hydroxyl groups excluding tert-OH is 2. The molecule has 3 atom stereocenters. The fourth-order valence-electron chi connectivity index (χ4n) is 6.14. The third-order valence-corrected chi connectivity index (χ3v) is 8.73. The van der Waals surface area contributed by atoms with Crippen LogP contribution in [0.5, 0.6) is 0 Å². The Hall–Kier alpha value is -1.94. The first kappa shape index (κ1) is 25.7. The van der Waals surface area contributed by atoms with Crippen LogP contribution in [-0.4, -0.2) is 113 Å². The summed E-state index contributed by atoms with van der Waals surface area (Å²) >= 11 is 3.52. The van der Waals surface area contributed by atoms with Gasteiger partial charge in [0.1, 0.15) is 12.5 Å². The summed E-state index contributed by atoms with van der Waals surface area (Å²) in [5.74, 6) is 1.24. The summed E-state index contributed by atoms with van der Waals surface area (Å²) in [4.78, 5) is 27.4. The van der Waals surface area contributed by atoms with E-state index in [-0.39, 0.29) is 23.8 Å². The average molecular weight is 561 g/mol. The molecule has 0 aromatic heterocycles. The minimum Gasteiger partial charge on any atom is -0.393 e. The number of halogens is 1. The van der Waals surface area contributed by atoms with Gasteiger partial charge < -0.3 is 29.8 Å². The van der Waals surface area contributed by atoms with Crippen molar-refractivity contribution >= 4 is 27.7 Å². The van der Waals surface area contributed by atoms with Crippen molar-refractivity contribution < 1.29 is 15.0 Å². The Balaban J connectivity index is 1.28. The number of benzene rings is 1. The zero-order valence-electron chi connectivity index (χ0n) is 21.3. The Labute approximate surface area is 222 Å². The Morgan fingerprint density at radius 2 is 1.75 bits per heavy atom. The number of amides is 1. The van der Waals surface area contributed by atoms with Crippen molar-refractivity contribution in [3.8, 4) is 0 Å². The predicted molar refractivity (Wildman–Crippen MR) is 144 cm³/mol. The van der Waals surface area contributed by atoms with Crippen LogP contribution >= 0.6 is 15.9 Å². The Kier molecular flexibility index (Phi) is 7.72. The molecule has 3 heterocycles. The number of nitrogens with zero attached hydrogens (tertiary/aromatic N) is 5. The first-order valence-electron chi connectivity index (χ1n) is 13.2. The highest BCUT2D eigenvalue weighted by Crippen LogP contribution is 2.37. The molecule has 0 saturated carbocycles. The van der Waals surface area contributed by atoms with Crippen molar-refractivity contribution in [2.75, 3.05) is 59.5 Å². The third kappa shape index (κ3) is 5.21. The molecule has 36 heavy (non-hydrogen) atoms. The number of likely N-dealkylation sites (tertiary alicyclic amines) is 1. The molecule has 8 nitrogen and oxygen atoms in total. The van der Waals surface area contributed by atoms with Crippen molar-refractivity contribution in [3.05, 3.63) is 45.6 Å². The number of amidine groups is 1. The molecule has 1 amide bonds. The number of piperazine rings is 1. The second-order valence-corrected chi connectivity index (χ2v) is 11.6. The molecule has 0 unspecified atom stereocenters. The van der Waals surface area contributed by atoms with Crippen molar-refractivity contribution in [1.82, 2.24) is 19.6 Å². The first-order chi connectivity index (χ1) is 17.3. The number of piperidine rings is 1. The van der Waals surface area contributed by atoms with Gasteiger partial charge >= 0.3 is 0 Å². The van der Waals surface area contributed by atoms with Crippen LogP contribution in [0.25, 0.3) is 0 Å². The number of aliphatic imine (C=N–C) groups is 1. The number of carbonyl (C=O) groups excluding carboxylic acids is 1. The Morgan fingerprint density at radius 1 is 1.08 bits per heavy atom. The van der Waals surface area contributed by atoms with E-state index >= 15 is 0 Å². The van der Waals surface area contributed by atoms with Crippen LogP contribution in [0.3, 0.4) is 0 Å². The van der Waals surface area contributed by atoms with Crippen molar-refractivity contribution in [2.45, 2.75) is 44.3 Å². The van der Waals surface area contributed by atoms with Crippen LogP contribution in [0.2, 0.25) is 0 Å². The Morgan fingerprint density at radius 3 is 2.42 bits per heavy atom. The second-order valence-electron chi connectivity index (χ2n) is 10.7. The summed E-state index contributed by atoms with van der Waals surface area (Å²) < 4.78 is 1.01. The van der Waals surface area contributed by atoms with E-state index in [1.807, 2.05) is 24.1 Å². The molecule has 1 aromatic rings. The number of carbonyl (C=O) groups is 1. The molecular formula is C27H38BrN5O3. The lowest BCUT2D eigenvalue weighted by molar-refractivity contribution is -0.134. The average Bonchev–Trinajstić information content (AvgIpc) is 3.19. The van der Waals surface area contributed by atoms with Gasteiger partial charge in [-0.2, -0.15) is 0 Å². The molecule has 0 bridgehead atoms. The highest BCUT2D eigenvalue weighted by molar-refractivity contribution is 9.10. The van der Waals surface area contributed by atoms with Crippen LogP contribution in [0, 0.1) is 5.92 Å². The minimum atomic E-state index is -0.420. The maximum absolute atomic E-state index is 13.9. The van der Waals surface area contributed by atoms with Crippen LogP contribution in [-0.2, 0) is 4.79 Å². The van der Waals surface area contributed by atoms with E-state index in [0.29, 0.717) is 26.3 Å². The number of likely N-dealkylation sites (N-methyl/N-ethyl adjacent to an activating group) is 1. The van der Waals surface area contributed by atoms with Gasteiger partial charge in [0.25, 0.3) is 0 Å². The molecule has 0 radical (unpaired) electrons. The molecule has 9 heteroatoms. The standard InChI is InChI=1S/C27H38BrN5O3/c1-18-15-23(35)25-24(18)26(29-17-30(25)2)32-11-13-33(14-12-32)27(36)22(19-3-5-20(28)6-4-19)16-31-9-7-21(34)8-10-31/h3-6,18,21-23,34-35H,7-17H2,1-2H3/t18-,22-,23-/m1/s1. The molecular weight excluding hydrogens is 522 g/mol. The summed E-state index contributed by atoms with van der Waals surface area (Å²) in [5.41, 5.74) is 3.24. The van der Waals surface area contributed by atoms with E-state index in [1.165, 1.54) is 5.57 Å². The number of hydrogen-bond acceptors (Lipinski definition) is 7. The molecule has 196 valence electrons. The normalized spacial score (nSPS) is 26.8. The molecule has 4 aliphatic rings. The summed E-state index contributed by atoms with van der Waals surface area (Å²) in [7, 11) is 2.00. The van der Waals surface area contributed by atoms with Gasteiger partial charge in [-0.1, -0.05) is 35.0 Å². The van der Waals surface area contributed by atoms with Crippen LogP contribution in [0.15, 0.2) is 45.0 Å². The highest BCUT2D eigenvalue weighted by atomic mass is 79.9. The summed E-state index contributed by atoms with van der Waals surface area (Å²) in [6.45, 7) is 7.88. The van der Waals surface area contributed by atoms with Gasteiger partial charge in [0.2, 0.25) is 5.91 Å². The molecule has 2 saturated heterocycles. The van der Waals surface area contributed by atoms with E-state index in [1.54, 1.807) is 0 Å². The van der Waals surface area contributed by atoms with Gasteiger partial charge in [-0.05, 0) is 42.9 Å². The predicted octanol–water partition coefficient (Wildman–Crippen LogP) is 2.09. The van der Waals surface area contributed by atoms with Gasteiger partial charge in [0, 0.05) is 62.9 Å². The smallest absolute Gasteiger partial charge is 0.231 e. The molecule has 1 aliphatic carbocycles. The van der Waals surface area contributed by atoms with E-state index < -0.39 is 6.10 Å². The third-order valence-electron chi connectivity index (χ3n) is 8.21. The molecule has 2 fully saturated rings. The molecule has 0 spiro atoms. The molecule has 2 N–H and O–H groups in total. The SMILES string of the molecule is C[C@@H]1C[C@@H](O)C2=C1C(N1CCN(C(=O)[C@H](CN3CCC(O)CC3)c3ccc(Br)cc3)CC1)=NCN2C. The van der Waals surface area contributed by atoms with Crippen LogP contribution < -0.4 is 0 Å². The summed E-state index contributed by atoms with van der Waals surface area (Å²) in [6, 6.07) is 8.12. The lowest BCUT2D eigenvalue weighted by Crippen LogP contribution is -2.54. The number of aliphatic hydroxyl groups is 2. The Bertz CT molecular complexity index is 1010. The van der Waals surface area contributed by atoms with E-state index in [9.17, 15) is 15.0 Å². The monoisotopic (exact) mass is 559 g/mol. The van der Waals surface area contributed by atoms with Gasteiger partial charge in [-0.15, -0.1) is 0 Å². The van der Waals surface area contributed by atoms with Crippen molar-refractivity contribution in [2.24, 2.45) is 10.9 Å². The quantitative estimate of drug-likeness (QED) is 0.587. The second kappa shape index (κ2) is 10.8. The lowest BCUT2D eigenvalue weighted by Gasteiger charge is -2.41. The maximum Gasteiger partial charge on any atom is 0.231 e. The van der Waals surface area contributed by atoms with E-state index in [0.717, 1.165) is 67.0 Å². The van der Waals surface area contributed by atoms with Crippen LogP contribution in [0.1, 0.15) is 37.7 Å². The fraction of sp³-hybridized carbons (Fsp3) is 0.630. The largest absolute Gasteiger partial charge is 0.393 e. The van der Waals surface area contributed by atoms with E-state index in [4.69, 9.17) is 4.99 Å². The summed E-state index contributed by atoms with van der Waals surface area (Å²) in [6.07, 6.45) is 1.63. The number of hydrogen-bond donors (Lipinski definition) is 2. The zero-order chi connectivity index (χ0) is 25.4. The van der Waals surface area contributed by atoms with Gasteiger partial charge in [-0.3, -0.25) is 4.79 Å². The fourth-order valence-corrected chi connectivity index (χ4v) is 6.40. The topological polar surface area (TPSA) is 82.8 Å². The van der Waals surface area contributed by atoms with Gasteiger partial charge in [0.05, 0.1) is 23.8 Å².